The minimum atomic E-state index is -1.89. The molecule has 0 spiro atoms. The summed E-state index contributed by atoms with van der Waals surface area (Å²) in [6.45, 7) is -0.578. The third-order valence-electron chi connectivity index (χ3n) is 3.86. The van der Waals surface area contributed by atoms with Crippen LogP contribution in [0.3, 0.4) is 0 Å². The summed E-state index contributed by atoms with van der Waals surface area (Å²) in [5.41, 5.74) is -0.463. The highest BCUT2D eigenvalue weighted by atomic mass is 19.1. The van der Waals surface area contributed by atoms with Crippen molar-refractivity contribution in [3.8, 4) is 0 Å². The average molecular weight is 349 g/mol. The third kappa shape index (κ3) is 3.43. The molecule has 9 heteroatoms. The highest BCUT2D eigenvalue weighted by molar-refractivity contribution is 6.03. The summed E-state index contributed by atoms with van der Waals surface area (Å²) in [4.78, 5) is 27.8. The fraction of sp³-hybridized carbons (Fsp3) is 0.312. The van der Waals surface area contributed by atoms with Gasteiger partial charge in [-0.3, -0.25) is 9.36 Å². The smallest absolute Gasteiger partial charge is 0.351 e. The van der Waals surface area contributed by atoms with Gasteiger partial charge in [-0.15, -0.1) is 0 Å². The standard InChI is InChI=1S/C16H16FN3O5/c17-12-13(22)10(8-21)25-15(12)20-7-6-11(19-16(20)24)18-14(23)9-4-2-1-3-5-9/h1-7,10,12-13,15,21-22H,8H2,(H,18,19,23,24)/t10-,12?,13+,15-/m1/s1. The van der Waals surface area contributed by atoms with Gasteiger partial charge in [-0.05, 0) is 18.2 Å². The Kier molecular flexibility index (Phi) is 4.88. The molecule has 25 heavy (non-hydrogen) atoms. The van der Waals surface area contributed by atoms with Crippen molar-refractivity contribution < 1.29 is 24.1 Å². The first-order chi connectivity index (χ1) is 12.0. The van der Waals surface area contributed by atoms with Gasteiger partial charge in [0.05, 0.1) is 6.61 Å². The minimum Gasteiger partial charge on any atom is -0.394 e. The Labute approximate surface area is 141 Å². The number of halogens is 1. The number of alkyl halides is 1. The van der Waals surface area contributed by atoms with Gasteiger partial charge in [-0.1, -0.05) is 18.2 Å². The lowest BCUT2D eigenvalue weighted by molar-refractivity contribution is -0.0490. The number of nitrogens with zero attached hydrogens (tertiary/aromatic N) is 2. The van der Waals surface area contributed by atoms with E-state index in [-0.39, 0.29) is 5.82 Å². The topological polar surface area (TPSA) is 114 Å². The Morgan fingerprint density at radius 1 is 1.32 bits per heavy atom. The van der Waals surface area contributed by atoms with E-state index < -0.39 is 42.8 Å². The van der Waals surface area contributed by atoms with Gasteiger partial charge in [0, 0.05) is 11.8 Å². The zero-order valence-electron chi connectivity index (χ0n) is 12.9. The summed E-state index contributed by atoms with van der Waals surface area (Å²) in [5, 5.41) is 21.1. The van der Waals surface area contributed by atoms with Gasteiger partial charge in [0.2, 0.25) is 0 Å². The lowest BCUT2D eigenvalue weighted by Crippen LogP contribution is -2.33. The number of aliphatic hydroxyl groups excluding tert-OH is 2. The summed E-state index contributed by atoms with van der Waals surface area (Å²) in [7, 11) is 0. The third-order valence-corrected chi connectivity index (χ3v) is 3.86. The molecule has 0 saturated carbocycles. The normalized spacial score (nSPS) is 25.7. The van der Waals surface area contributed by atoms with Crippen LogP contribution in [-0.2, 0) is 4.74 Å². The minimum absolute atomic E-state index is 0.00256. The summed E-state index contributed by atoms with van der Waals surface area (Å²) < 4.78 is 20.1. The second kappa shape index (κ2) is 7.09. The van der Waals surface area contributed by atoms with Crippen LogP contribution in [0.2, 0.25) is 0 Å². The van der Waals surface area contributed by atoms with E-state index in [4.69, 9.17) is 9.84 Å². The molecule has 1 amide bonds. The predicted octanol–water partition coefficient (Wildman–Crippen LogP) is 0.0843. The van der Waals surface area contributed by atoms with E-state index in [1.165, 1.54) is 12.3 Å². The van der Waals surface area contributed by atoms with E-state index in [2.05, 4.69) is 10.3 Å². The molecular formula is C16H16FN3O5. The molecule has 3 N–H and O–H groups in total. The summed E-state index contributed by atoms with van der Waals surface area (Å²) >= 11 is 0. The maximum atomic E-state index is 14.1. The quantitative estimate of drug-likeness (QED) is 0.721. The number of aromatic nitrogens is 2. The molecule has 1 fully saturated rings. The van der Waals surface area contributed by atoms with Gasteiger partial charge in [-0.2, -0.15) is 4.98 Å². The van der Waals surface area contributed by atoms with E-state index in [9.17, 15) is 19.1 Å². The fourth-order valence-electron chi connectivity index (χ4n) is 2.53. The first-order valence-corrected chi connectivity index (χ1v) is 7.55. The molecule has 8 nitrogen and oxygen atoms in total. The largest absolute Gasteiger partial charge is 0.394 e. The number of aliphatic hydroxyl groups is 2. The number of hydrogen-bond donors (Lipinski definition) is 3. The molecule has 3 rings (SSSR count). The van der Waals surface area contributed by atoms with Crippen molar-refractivity contribution in [2.24, 2.45) is 0 Å². The van der Waals surface area contributed by atoms with Crippen molar-refractivity contribution in [2.45, 2.75) is 24.6 Å². The molecule has 1 aliphatic heterocycles. The molecule has 2 aromatic rings. The van der Waals surface area contributed by atoms with Crippen molar-refractivity contribution in [1.82, 2.24) is 9.55 Å². The SMILES string of the molecule is O=C(Nc1ccn([C@@H]2O[C@H](CO)[C@H](O)C2F)c(=O)n1)c1ccccc1. The highest BCUT2D eigenvalue weighted by Crippen LogP contribution is 2.30. The van der Waals surface area contributed by atoms with E-state index in [1.54, 1.807) is 30.3 Å². The number of benzene rings is 1. The fourth-order valence-corrected chi connectivity index (χ4v) is 2.53. The molecule has 1 saturated heterocycles. The second-order valence-electron chi connectivity index (χ2n) is 5.51. The van der Waals surface area contributed by atoms with Gasteiger partial charge in [-0.25, -0.2) is 9.18 Å². The van der Waals surface area contributed by atoms with Crippen LogP contribution in [0, 0.1) is 0 Å². The van der Waals surface area contributed by atoms with E-state index in [0.29, 0.717) is 5.56 Å². The van der Waals surface area contributed by atoms with Crippen LogP contribution in [0.15, 0.2) is 47.4 Å². The van der Waals surface area contributed by atoms with Gasteiger partial charge < -0.3 is 20.3 Å². The van der Waals surface area contributed by atoms with Crippen LogP contribution in [0.25, 0.3) is 0 Å². The number of hydrogen-bond acceptors (Lipinski definition) is 6. The zero-order valence-corrected chi connectivity index (χ0v) is 12.9. The van der Waals surface area contributed by atoms with Crippen molar-refractivity contribution in [3.63, 3.8) is 0 Å². The Hall–Kier alpha value is -2.62. The molecule has 1 aliphatic rings. The van der Waals surface area contributed by atoms with Gasteiger partial charge in [0.15, 0.2) is 12.4 Å². The summed E-state index contributed by atoms with van der Waals surface area (Å²) in [6, 6.07) is 9.68. The predicted molar refractivity (Wildman–Crippen MR) is 84.8 cm³/mol. The molecule has 0 bridgehead atoms. The Morgan fingerprint density at radius 3 is 2.64 bits per heavy atom. The Bertz CT molecular complexity index is 813. The number of carbonyl (C=O) groups excluding carboxylic acids is 1. The van der Waals surface area contributed by atoms with Crippen molar-refractivity contribution in [2.75, 3.05) is 11.9 Å². The average Bonchev–Trinajstić information content (AvgIpc) is 2.91. The van der Waals surface area contributed by atoms with Gasteiger partial charge in [0.25, 0.3) is 5.91 Å². The number of nitrogens with one attached hydrogen (secondary N) is 1. The van der Waals surface area contributed by atoms with Crippen LogP contribution >= 0.6 is 0 Å². The number of carbonyl (C=O) groups is 1. The number of rotatable bonds is 4. The van der Waals surface area contributed by atoms with Crippen LogP contribution in [0.1, 0.15) is 16.6 Å². The molecule has 1 aromatic carbocycles. The van der Waals surface area contributed by atoms with Crippen molar-refractivity contribution >= 4 is 11.7 Å². The number of ether oxygens (including phenoxy) is 1. The van der Waals surface area contributed by atoms with E-state index in [1.807, 2.05) is 0 Å². The molecule has 0 radical (unpaired) electrons. The highest BCUT2D eigenvalue weighted by Gasteiger charge is 2.45. The molecular weight excluding hydrogens is 333 g/mol. The van der Waals surface area contributed by atoms with Crippen LogP contribution in [0.5, 0.6) is 0 Å². The van der Waals surface area contributed by atoms with Crippen molar-refractivity contribution in [1.29, 1.82) is 0 Å². The van der Waals surface area contributed by atoms with Gasteiger partial charge in [0.1, 0.15) is 18.0 Å². The molecule has 1 aromatic heterocycles. The van der Waals surface area contributed by atoms with Crippen LogP contribution < -0.4 is 11.0 Å². The number of anilines is 1. The first-order valence-electron chi connectivity index (χ1n) is 7.55. The molecule has 132 valence electrons. The molecule has 4 atom stereocenters. The lowest BCUT2D eigenvalue weighted by atomic mass is 10.1. The van der Waals surface area contributed by atoms with Crippen LogP contribution in [-0.4, -0.2) is 50.7 Å². The molecule has 2 heterocycles. The maximum Gasteiger partial charge on any atom is 0.351 e. The van der Waals surface area contributed by atoms with E-state index >= 15 is 0 Å². The van der Waals surface area contributed by atoms with Gasteiger partial charge >= 0.3 is 5.69 Å². The molecule has 1 unspecified atom stereocenters. The molecule has 0 aliphatic carbocycles. The van der Waals surface area contributed by atoms with Crippen molar-refractivity contribution in [3.05, 3.63) is 58.6 Å². The second-order valence-corrected chi connectivity index (χ2v) is 5.51. The maximum absolute atomic E-state index is 14.1. The van der Waals surface area contributed by atoms with Crippen LogP contribution in [0.4, 0.5) is 10.2 Å². The Morgan fingerprint density at radius 2 is 2.04 bits per heavy atom. The summed E-state index contributed by atoms with van der Waals surface area (Å²) in [5.74, 6) is -0.440. The monoisotopic (exact) mass is 349 g/mol. The summed E-state index contributed by atoms with van der Waals surface area (Å²) in [6.07, 6.45) is -4.74. The zero-order chi connectivity index (χ0) is 18.0. The Balaban J connectivity index is 1.78. The lowest BCUT2D eigenvalue weighted by Gasteiger charge is -2.16. The number of amides is 1. The first kappa shape index (κ1) is 17.2. The van der Waals surface area contributed by atoms with E-state index in [0.717, 1.165) is 4.57 Å².